The molecule has 0 fully saturated rings. The van der Waals surface area contributed by atoms with Crippen LogP contribution < -0.4 is 9.62 Å². The van der Waals surface area contributed by atoms with Crippen LogP contribution in [0.25, 0.3) is 5.82 Å². The highest BCUT2D eigenvalue weighted by Crippen LogP contribution is 2.24. The number of benzene rings is 2. The van der Waals surface area contributed by atoms with E-state index in [1.807, 2.05) is 31.2 Å². The number of hydrogen-bond donors (Lipinski definition) is 1. The predicted molar refractivity (Wildman–Crippen MR) is 127 cm³/mol. The fraction of sp³-hybridized carbons (Fsp3) is 0.125. The van der Waals surface area contributed by atoms with E-state index in [0.29, 0.717) is 34.9 Å². The zero-order valence-electron chi connectivity index (χ0n) is 18.2. The maximum Gasteiger partial charge on any atom is 0.264 e. The maximum atomic E-state index is 13.1. The summed E-state index contributed by atoms with van der Waals surface area (Å²) < 4.78 is 29.0. The van der Waals surface area contributed by atoms with Crippen molar-refractivity contribution in [2.24, 2.45) is 0 Å². The molecular formula is C24H23N5O3S. The summed E-state index contributed by atoms with van der Waals surface area (Å²) in [5.41, 5.74) is 2.02. The van der Waals surface area contributed by atoms with Gasteiger partial charge in [0.1, 0.15) is 0 Å². The molecule has 1 N–H and O–H groups in total. The van der Waals surface area contributed by atoms with Crippen LogP contribution in [0.3, 0.4) is 0 Å². The first-order chi connectivity index (χ1) is 15.9. The van der Waals surface area contributed by atoms with Crippen LogP contribution in [0.2, 0.25) is 0 Å². The Balaban J connectivity index is 1.59. The molecular weight excluding hydrogens is 438 g/mol. The van der Waals surface area contributed by atoms with Crippen LogP contribution in [0.5, 0.6) is 0 Å². The topological polar surface area (TPSA) is 97.2 Å². The molecule has 33 heavy (non-hydrogen) atoms. The molecule has 0 aliphatic rings. The quantitative estimate of drug-likeness (QED) is 0.450. The number of pyridine rings is 1. The lowest BCUT2D eigenvalue weighted by Gasteiger charge is -2.19. The number of rotatable bonds is 7. The summed E-state index contributed by atoms with van der Waals surface area (Å²) in [4.78, 5) is 17.4. The number of carbonyl (C=O) groups is 1. The first-order valence-corrected chi connectivity index (χ1v) is 11.8. The number of sulfonamides is 1. The van der Waals surface area contributed by atoms with Gasteiger partial charge in [0.05, 0.1) is 28.0 Å². The Morgan fingerprint density at radius 3 is 2.48 bits per heavy atom. The Hall–Kier alpha value is -3.98. The van der Waals surface area contributed by atoms with Crippen molar-refractivity contribution in [3.8, 4) is 5.82 Å². The summed E-state index contributed by atoms with van der Waals surface area (Å²) in [6.45, 7) is 1.93. The Morgan fingerprint density at radius 1 is 1.03 bits per heavy atom. The summed E-state index contributed by atoms with van der Waals surface area (Å²) in [5, 5.41) is 7.12. The summed E-state index contributed by atoms with van der Waals surface area (Å²) >= 11 is 0. The average molecular weight is 462 g/mol. The fourth-order valence-corrected chi connectivity index (χ4v) is 4.69. The third-order valence-electron chi connectivity index (χ3n) is 5.18. The first kappa shape index (κ1) is 22.2. The zero-order valence-corrected chi connectivity index (χ0v) is 19.0. The van der Waals surface area contributed by atoms with Crippen molar-refractivity contribution in [3.05, 3.63) is 96.4 Å². The Bertz CT molecular complexity index is 1370. The molecule has 0 saturated heterocycles. The smallest absolute Gasteiger partial charge is 0.264 e. The van der Waals surface area contributed by atoms with Gasteiger partial charge in [-0.1, -0.05) is 37.3 Å². The number of nitrogens with zero attached hydrogens (tertiary/aromatic N) is 4. The van der Waals surface area contributed by atoms with Crippen LogP contribution in [-0.2, 0) is 16.4 Å². The molecule has 0 unspecified atom stereocenters. The molecule has 2 aromatic carbocycles. The van der Waals surface area contributed by atoms with Crippen LogP contribution in [0.4, 0.5) is 11.4 Å². The van der Waals surface area contributed by atoms with Crippen LogP contribution >= 0.6 is 0 Å². The van der Waals surface area contributed by atoms with Gasteiger partial charge in [0.2, 0.25) is 0 Å². The van der Waals surface area contributed by atoms with Gasteiger partial charge in [-0.3, -0.25) is 9.10 Å². The summed E-state index contributed by atoms with van der Waals surface area (Å²) in [6.07, 6.45) is 3.72. The molecule has 4 rings (SSSR count). The van der Waals surface area contributed by atoms with E-state index in [9.17, 15) is 13.2 Å². The molecule has 9 heteroatoms. The summed E-state index contributed by atoms with van der Waals surface area (Å²) in [6, 6.07) is 20.5. The number of para-hydroxylation sites is 1. The van der Waals surface area contributed by atoms with E-state index >= 15 is 0 Å². The molecule has 4 aromatic rings. The van der Waals surface area contributed by atoms with Crippen LogP contribution in [-0.4, -0.2) is 36.1 Å². The number of aromatic nitrogens is 3. The SMILES string of the molecule is CCc1c(C(=O)Nc2cccc(S(=O)(=O)N(C)c3ccccc3)c2)cnn1-c1ccccn1. The van der Waals surface area contributed by atoms with Crippen molar-refractivity contribution in [3.63, 3.8) is 0 Å². The van der Waals surface area contributed by atoms with Gasteiger partial charge in [-0.05, 0) is 48.9 Å². The molecule has 0 bridgehead atoms. The van der Waals surface area contributed by atoms with Crippen LogP contribution in [0.1, 0.15) is 23.0 Å². The van der Waals surface area contributed by atoms with E-state index < -0.39 is 10.0 Å². The van der Waals surface area contributed by atoms with Crippen molar-refractivity contribution in [2.75, 3.05) is 16.7 Å². The van der Waals surface area contributed by atoms with Crippen molar-refractivity contribution in [2.45, 2.75) is 18.2 Å². The third-order valence-corrected chi connectivity index (χ3v) is 6.97. The van der Waals surface area contributed by atoms with E-state index in [-0.39, 0.29) is 10.8 Å². The fourth-order valence-electron chi connectivity index (χ4n) is 3.45. The number of nitrogens with one attached hydrogen (secondary N) is 1. The second-order valence-electron chi connectivity index (χ2n) is 7.25. The number of anilines is 2. The summed E-state index contributed by atoms with van der Waals surface area (Å²) in [5.74, 6) is 0.241. The highest BCUT2D eigenvalue weighted by Gasteiger charge is 2.22. The summed E-state index contributed by atoms with van der Waals surface area (Å²) in [7, 11) is -2.31. The van der Waals surface area contributed by atoms with Crippen molar-refractivity contribution in [1.29, 1.82) is 0 Å². The second kappa shape index (κ2) is 9.25. The molecule has 2 aromatic heterocycles. The van der Waals surface area contributed by atoms with E-state index in [0.717, 1.165) is 0 Å². The number of carbonyl (C=O) groups excluding carboxylic acids is 1. The first-order valence-electron chi connectivity index (χ1n) is 10.4. The zero-order chi connectivity index (χ0) is 23.4. The van der Waals surface area contributed by atoms with Gasteiger partial charge in [-0.15, -0.1) is 0 Å². The maximum absolute atomic E-state index is 13.1. The standard InChI is InChI=1S/C24H23N5O3S/c1-3-22-21(17-26-29(22)23-14-7-8-15-25-23)24(30)27-18-10-9-13-20(16-18)33(31,32)28(2)19-11-5-4-6-12-19/h4-17H,3H2,1-2H3,(H,27,30). The van der Waals surface area contributed by atoms with E-state index in [4.69, 9.17) is 0 Å². The molecule has 0 radical (unpaired) electrons. The lowest BCUT2D eigenvalue weighted by atomic mass is 10.2. The monoisotopic (exact) mass is 461 g/mol. The van der Waals surface area contributed by atoms with Gasteiger partial charge in [0.15, 0.2) is 5.82 Å². The van der Waals surface area contributed by atoms with Crippen molar-refractivity contribution >= 4 is 27.3 Å². The van der Waals surface area contributed by atoms with Crippen LogP contribution in [0.15, 0.2) is 90.1 Å². The molecule has 8 nitrogen and oxygen atoms in total. The lowest BCUT2D eigenvalue weighted by molar-refractivity contribution is 0.102. The van der Waals surface area contributed by atoms with Gasteiger partial charge in [0.25, 0.3) is 15.9 Å². The molecule has 0 saturated carbocycles. The third kappa shape index (κ3) is 4.49. The Morgan fingerprint density at radius 2 is 1.79 bits per heavy atom. The van der Waals surface area contributed by atoms with Crippen molar-refractivity contribution in [1.82, 2.24) is 14.8 Å². The minimum absolute atomic E-state index is 0.0755. The number of amides is 1. The van der Waals surface area contributed by atoms with E-state index in [2.05, 4.69) is 15.4 Å². The Labute approximate surface area is 192 Å². The minimum Gasteiger partial charge on any atom is -0.322 e. The average Bonchev–Trinajstić information content (AvgIpc) is 3.29. The van der Waals surface area contributed by atoms with Gasteiger partial charge < -0.3 is 5.32 Å². The number of hydrogen-bond acceptors (Lipinski definition) is 5. The molecule has 0 spiro atoms. The predicted octanol–water partition coefficient (Wildman–Crippen LogP) is 3.91. The van der Waals surface area contributed by atoms with Gasteiger partial charge >= 0.3 is 0 Å². The minimum atomic E-state index is -3.80. The van der Waals surface area contributed by atoms with Crippen LogP contribution in [0, 0.1) is 0 Å². The Kier molecular flexibility index (Phi) is 6.23. The highest BCUT2D eigenvalue weighted by molar-refractivity contribution is 7.92. The van der Waals surface area contributed by atoms with E-state index in [1.54, 1.807) is 47.3 Å². The molecule has 1 amide bonds. The molecule has 0 aliphatic carbocycles. The molecule has 0 atom stereocenters. The van der Waals surface area contributed by atoms with Crippen molar-refractivity contribution < 1.29 is 13.2 Å². The van der Waals surface area contributed by atoms with E-state index in [1.165, 1.54) is 29.7 Å². The van der Waals surface area contributed by atoms with Gasteiger partial charge in [0, 0.05) is 18.9 Å². The lowest BCUT2D eigenvalue weighted by Crippen LogP contribution is -2.26. The van der Waals surface area contributed by atoms with Gasteiger partial charge in [-0.2, -0.15) is 5.10 Å². The highest BCUT2D eigenvalue weighted by atomic mass is 32.2. The second-order valence-corrected chi connectivity index (χ2v) is 9.22. The molecule has 0 aliphatic heterocycles. The largest absolute Gasteiger partial charge is 0.322 e. The normalized spacial score (nSPS) is 11.2. The molecule has 168 valence electrons. The molecule has 2 heterocycles. The van der Waals surface area contributed by atoms with Gasteiger partial charge in [-0.25, -0.2) is 18.1 Å².